The fraction of sp³-hybridized carbons (Fsp3) is 1.00. The van der Waals surface area contributed by atoms with Crippen molar-refractivity contribution in [1.82, 2.24) is 5.32 Å². The third kappa shape index (κ3) is 5.32. The fourth-order valence-corrected chi connectivity index (χ4v) is 3.41. The van der Waals surface area contributed by atoms with Crippen molar-refractivity contribution >= 4 is 0 Å². The summed E-state index contributed by atoms with van der Waals surface area (Å²) < 4.78 is 16.7. The van der Waals surface area contributed by atoms with Crippen LogP contribution in [-0.2, 0) is 14.2 Å². The van der Waals surface area contributed by atoms with Crippen LogP contribution in [-0.4, -0.2) is 51.7 Å². The zero-order valence-electron chi connectivity index (χ0n) is 13.0. The first-order chi connectivity index (χ1) is 9.85. The molecule has 2 rings (SSSR count). The maximum Gasteiger partial charge on any atom is 0.0708 e. The van der Waals surface area contributed by atoms with Crippen LogP contribution in [0.5, 0.6) is 0 Å². The van der Waals surface area contributed by atoms with E-state index < -0.39 is 0 Å². The number of methoxy groups -OCH3 is 1. The Morgan fingerprint density at radius 3 is 2.75 bits per heavy atom. The van der Waals surface area contributed by atoms with Crippen LogP contribution in [0.1, 0.15) is 51.4 Å². The summed E-state index contributed by atoms with van der Waals surface area (Å²) in [6.45, 7) is 4.21. The van der Waals surface area contributed by atoms with Gasteiger partial charge in [0.05, 0.1) is 24.9 Å². The fourth-order valence-electron chi connectivity index (χ4n) is 3.41. The highest BCUT2D eigenvalue weighted by molar-refractivity contribution is 4.91. The first kappa shape index (κ1) is 16.2. The van der Waals surface area contributed by atoms with Gasteiger partial charge >= 0.3 is 0 Å². The van der Waals surface area contributed by atoms with E-state index in [0.717, 1.165) is 26.1 Å². The Hall–Kier alpha value is -0.160. The molecule has 1 saturated carbocycles. The molecular weight excluding hydrogens is 254 g/mol. The van der Waals surface area contributed by atoms with E-state index in [1.807, 2.05) is 0 Å². The second-order valence-electron chi connectivity index (χ2n) is 6.19. The molecule has 4 nitrogen and oxygen atoms in total. The van der Waals surface area contributed by atoms with Gasteiger partial charge in [0.15, 0.2) is 0 Å². The predicted molar refractivity (Wildman–Crippen MR) is 80.1 cm³/mol. The minimum atomic E-state index is 0.258. The van der Waals surface area contributed by atoms with E-state index in [4.69, 9.17) is 14.2 Å². The molecule has 2 fully saturated rings. The quantitative estimate of drug-likeness (QED) is 0.661. The molecule has 1 saturated heterocycles. The molecule has 1 aliphatic heterocycles. The summed E-state index contributed by atoms with van der Waals surface area (Å²) in [5.41, 5.74) is 0.258. The lowest BCUT2D eigenvalue weighted by Gasteiger charge is -2.33. The molecule has 0 aromatic rings. The molecule has 0 aromatic carbocycles. The minimum Gasteiger partial charge on any atom is -0.382 e. The van der Waals surface area contributed by atoms with Crippen molar-refractivity contribution in [2.24, 2.45) is 0 Å². The molecule has 0 bridgehead atoms. The number of hydrogen-bond donors (Lipinski definition) is 1. The van der Waals surface area contributed by atoms with Crippen molar-refractivity contribution in [1.29, 1.82) is 0 Å². The lowest BCUT2D eigenvalue weighted by molar-refractivity contribution is -0.0623. The van der Waals surface area contributed by atoms with Crippen molar-refractivity contribution in [2.45, 2.75) is 63.1 Å². The normalized spacial score (nSPS) is 25.4. The highest BCUT2D eigenvalue weighted by Gasteiger charge is 2.40. The van der Waals surface area contributed by atoms with Gasteiger partial charge in [-0.2, -0.15) is 0 Å². The van der Waals surface area contributed by atoms with Gasteiger partial charge in [-0.1, -0.05) is 19.3 Å². The van der Waals surface area contributed by atoms with Crippen LogP contribution in [0.4, 0.5) is 0 Å². The first-order valence-electron chi connectivity index (χ1n) is 8.30. The summed E-state index contributed by atoms with van der Waals surface area (Å²) in [6, 6.07) is 0. The van der Waals surface area contributed by atoms with Crippen molar-refractivity contribution in [3.05, 3.63) is 0 Å². The molecule has 20 heavy (non-hydrogen) atoms. The maximum absolute atomic E-state index is 6.34. The zero-order chi connectivity index (χ0) is 14.1. The Kier molecular flexibility index (Phi) is 7.28. The van der Waals surface area contributed by atoms with E-state index in [-0.39, 0.29) is 5.60 Å². The molecule has 1 atom stereocenters. The van der Waals surface area contributed by atoms with Crippen LogP contribution in [0.3, 0.4) is 0 Å². The number of rotatable bonds is 9. The van der Waals surface area contributed by atoms with Crippen LogP contribution in [0.2, 0.25) is 0 Å². The third-order valence-corrected chi connectivity index (χ3v) is 4.55. The van der Waals surface area contributed by atoms with Crippen molar-refractivity contribution in [3.63, 3.8) is 0 Å². The highest BCUT2D eigenvalue weighted by Crippen LogP contribution is 2.41. The van der Waals surface area contributed by atoms with E-state index in [9.17, 15) is 0 Å². The molecule has 4 heteroatoms. The molecule has 1 aliphatic carbocycles. The van der Waals surface area contributed by atoms with E-state index in [0.29, 0.717) is 19.3 Å². The Bertz CT molecular complexity index is 254. The monoisotopic (exact) mass is 285 g/mol. The molecule has 0 radical (unpaired) electrons. The summed E-state index contributed by atoms with van der Waals surface area (Å²) in [7, 11) is 1.70. The summed E-state index contributed by atoms with van der Waals surface area (Å²) in [4.78, 5) is 0. The average Bonchev–Trinajstić information content (AvgIpc) is 2.85. The number of ether oxygens (including phenoxy) is 3. The van der Waals surface area contributed by atoms with E-state index in [1.165, 1.54) is 44.9 Å². The smallest absolute Gasteiger partial charge is 0.0708 e. The lowest BCUT2D eigenvalue weighted by atomic mass is 9.83. The summed E-state index contributed by atoms with van der Waals surface area (Å²) >= 11 is 0. The van der Waals surface area contributed by atoms with Gasteiger partial charge in [-0.05, 0) is 38.6 Å². The second kappa shape index (κ2) is 8.98. The van der Waals surface area contributed by atoms with Crippen molar-refractivity contribution in [2.75, 3.05) is 40.0 Å². The summed E-state index contributed by atoms with van der Waals surface area (Å²) in [5, 5.41) is 3.50. The van der Waals surface area contributed by atoms with Gasteiger partial charge in [-0.25, -0.2) is 0 Å². The molecular formula is C16H31NO3. The van der Waals surface area contributed by atoms with Crippen molar-refractivity contribution < 1.29 is 14.2 Å². The molecule has 0 amide bonds. The Morgan fingerprint density at radius 1 is 1.10 bits per heavy atom. The summed E-state index contributed by atoms with van der Waals surface area (Å²) in [5.74, 6) is 0. The molecule has 1 N–H and O–H groups in total. The molecule has 2 aliphatic rings. The summed E-state index contributed by atoms with van der Waals surface area (Å²) in [6.07, 6.45) is 10.7. The SMILES string of the molecule is COCCOCCCNCC1CCC2(CCCCC2)O1. The molecule has 118 valence electrons. The first-order valence-corrected chi connectivity index (χ1v) is 8.30. The molecule has 1 unspecified atom stereocenters. The zero-order valence-corrected chi connectivity index (χ0v) is 13.0. The van der Waals surface area contributed by atoms with Gasteiger partial charge in [0.25, 0.3) is 0 Å². The van der Waals surface area contributed by atoms with Crippen LogP contribution in [0, 0.1) is 0 Å². The van der Waals surface area contributed by atoms with Gasteiger partial charge in [-0.3, -0.25) is 0 Å². The third-order valence-electron chi connectivity index (χ3n) is 4.55. The van der Waals surface area contributed by atoms with Gasteiger partial charge < -0.3 is 19.5 Å². The molecule has 1 spiro atoms. The van der Waals surface area contributed by atoms with Gasteiger partial charge in [0, 0.05) is 20.3 Å². The van der Waals surface area contributed by atoms with Crippen LogP contribution in [0.15, 0.2) is 0 Å². The Balaban J connectivity index is 1.46. The Labute approximate surface area is 123 Å². The molecule has 0 aromatic heterocycles. The van der Waals surface area contributed by atoms with E-state index in [1.54, 1.807) is 7.11 Å². The molecule has 1 heterocycles. The minimum absolute atomic E-state index is 0.258. The standard InChI is InChI=1S/C16H31NO3/c1-18-12-13-19-11-5-10-17-14-15-6-9-16(20-15)7-3-2-4-8-16/h15,17H,2-14H2,1H3. The Morgan fingerprint density at radius 2 is 1.95 bits per heavy atom. The van der Waals surface area contributed by atoms with Gasteiger partial charge in [0.1, 0.15) is 0 Å². The number of nitrogens with one attached hydrogen (secondary N) is 1. The van der Waals surface area contributed by atoms with Gasteiger partial charge in [-0.15, -0.1) is 0 Å². The largest absolute Gasteiger partial charge is 0.382 e. The lowest BCUT2D eigenvalue weighted by Crippen LogP contribution is -2.35. The second-order valence-corrected chi connectivity index (χ2v) is 6.19. The topological polar surface area (TPSA) is 39.7 Å². The number of hydrogen-bond acceptors (Lipinski definition) is 4. The van der Waals surface area contributed by atoms with Crippen LogP contribution >= 0.6 is 0 Å². The van der Waals surface area contributed by atoms with E-state index >= 15 is 0 Å². The average molecular weight is 285 g/mol. The van der Waals surface area contributed by atoms with Crippen LogP contribution in [0.25, 0.3) is 0 Å². The van der Waals surface area contributed by atoms with E-state index in [2.05, 4.69) is 5.32 Å². The maximum atomic E-state index is 6.34. The van der Waals surface area contributed by atoms with Crippen molar-refractivity contribution in [3.8, 4) is 0 Å². The van der Waals surface area contributed by atoms with Crippen LogP contribution < -0.4 is 5.32 Å². The highest BCUT2D eigenvalue weighted by atomic mass is 16.5. The van der Waals surface area contributed by atoms with Gasteiger partial charge in [0.2, 0.25) is 0 Å². The predicted octanol–water partition coefficient (Wildman–Crippen LogP) is 2.51.